The van der Waals surface area contributed by atoms with Crippen LogP contribution in [0.2, 0.25) is 0 Å². The average Bonchev–Trinajstić information content (AvgIpc) is 1.94. The first-order chi connectivity index (χ1) is 4.84. The SMILES string of the molecule is CC1CNCCN1N[C]=O. The van der Waals surface area contributed by atoms with Crippen LogP contribution >= 0.6 is 0 Å². The van der Waals surface area contributed by atoms with Crippen LogP contribution in [-0.2, 0) is 4.79 Å². The van der Waals surface area contributed by atoms with Gasteiger partial charge in [-0.3, -0.25) is 10.2 Å². The number of piperazine rings is 1. The zero-order valence-electron chi connectivity index (χ0n) is 6.05. The van der Waals surface area contributed by atoms with E-state index >= 15 is 0 Å². The summed E-state index contributed by atoms with van der Waals surface area (Å²) in [6.07, 6.45) is 1.67. The molecule has 1 aliphatic rings. The molecule has 0 aromatic heterocycles. The van der Waals surface area contributed by atoms with Crippen LogP contribution in [0.25, 0.3) is 0 Å². The van der Waals surface area contributed by atoms with E-state index in [1.54, 1.807) is 6.41 Å². The van der Waals surface area contributed by atoms with Gasteiger partial charge in [-0.05, 0) is 6.92 Å². The van der Waals surface area contributed by atoms with Crippen molar-refractivity contribution in [1.29, 1.82) is 0 Å². The molecule has 1 aliphatic heterocycles. The van der Waals surface area contributed by atoms with Crippen LogP contribution < -0.4 is 10.7 Å². The standard InChI is InChI=1S/C6H12N3O/c1-6-4-7-2-3-9(6)8-5-10/h6-7H,2-4H2,1H3,(H,8,10). The van der Waals surface area contributed by atoms with Crippen LogP contribution in [0.5, 0.6) is 0 Å². The minimum Gasteiger partial charge on any atom is -0.314 e. The number of nitrogens with one attached hydrogen (secondary N) is 2. The molecular weight excluding hydrogens is 130 g/mol. The van der Waals surface area contributed by atoms with Gasteiger partial charge >= 0.3 is 6.41 Å². The predicted octanol–water partition coefficient (Wildman–Crippen LogP) is -1.15. The summed E-state index contributed by atoms with van der Waals surface area (Å²) in [7, 11) is 0. The summed E-state index contributed by atoms with van der Waals surface area (Å²) < 4.78 is 0. The van der Waals surface area contributed by atoms with Crippen molar-refractivity contribution in [2.75, 3.05) is 19.6 Å². The zero-order valence-corrected chi connectivity index (χ0v) is 6.05. The van der Waals surface area contributed by atoms with Crippen molar-refractivity contribution in [3.8, 4) is 0 Å². The normalized spacial score (nSPS) is 27.9. The highest BCUT2D eigenvalue weighted by Gasteiger charge is 2.16. The third-order valence-corrected chi connectivity index (χ3v) is 1.69. The lowest BCUT2D eigenvalue weighted by molar-refractivity contribution is 0.139. The van der Waals surface area contributed by atoms with Crippen LogP contribution in [0.3, 0.4) is 0 Å². The molecule has 1 fully saturated rings. The van der Waals surface area contributed by atoms with Crippen molar-refractivity contribution in [1.82, 2.24) is 15.8 Å². The Morgan fingerprint density at radius 2 is 2.60 bits per heavy atom. The lowest BCUT2D eigenvalue weighted by atomic mass is 10.2. The molecule has 0 spiro atoms. The summed E-state index contributed by atoms with van der Waals surface area (Å²) in [5.74, 6) is 0. The number of hydrogen-bond donors (Lipinski definition) is 2. The molecule has 2 N–H and O–H groups in total. The first-order valence-electron chi connectivity index (χ1n) is 3.44. The van der Waals surface area contributed by atoms with Crippen LogP contribution in [0.1, 0.15) is 6.92 Å². The Bertz CT molecular complexity index is 118. The Balaban J connectivity index is 2.32. The molecule has 1 heterocycles. The lowest BCUT2D eigenvalue weighted by Crippen LogP contribution is -2.55. The Morgan fingerprint density at radius 1 is 1.80 bits per heavy atom. The second-order valence-electron chi connectivity index (χ2n) is 2.46. The summed E-state index contributed by atoms with van der Waals surface area (Å²) in [5, 5.41) is 5.09. The zero-order chi connectivity index (χ0) is 7.40. The molecule has 57 valence electrons. The van der Waals surface area contributed by atoms with Gasteiger partial charge in [-0.2, -0.15) is 0 Å². The third kappa shape index (κ3) is 1.68. The van der Waals surface area contributed by atoms with Gasteiger partial charge in [0.1, 0.15) is 0 Å². The second kappa shape index (κ2) is 3.53. The topological polar surface area (TPSA) is 44.4 Å². The molecule has 0 bridgehead atoms. The molecule has 0 aromatic rings. The highest BCUT2D eigenvalue weighted by atomic mass is 16.1. The first-order valence-corrected chi connectivity index (χ1v) is 3.44. The van der Waals surface area contributed by atoms with E-state index < -0.39 is 0 Å². The fourth-order valence-electron chi connectivity index (χ4n) is 1.07. The van der Waals surface area contributed by atoms with Crippen LogP contribution in [-0.4, -0.2) is 37.1 Å². The maximum absolute atomic E-state index is 9.92. The Hall–Kier alpha value is -0.610. The van der Waals surface area contributed by atoms with E-state index in [1.165, 1.54) is 0 Å². The molecule has 4 heteroatoms. The van der Waals surface area contributed by atoms with Crippen molar-refractivity contribution in [2.45, 2.75) is 13.0 Å². The number of carbonyl (C=O) groups excluding carboxylic acids is 1. The van der Waals surface area contributed by atoms with Crippen molar-refractivity contribution >= 4 is 6.41 Å². The Labute approximate surface area is 60.5 Å². The van der Waals surface area contributed by atoms with Crippen LogP contribution in [0.4, 0.5) is 0 Å². The molecule has 1 radical (unpaired) electrons. The molecule has 1 atom stereocenters. The molecule has 0 aromatic carbocycles. The minimum absolute atomic E-state index is 0.371. The minimum atomic E-state index is 0.371. The molecule has 1 rings (SSSR count). The molecule has 1 unspecified atom stereocenters. The van der Waals surface area contributed by atoms with Crippen molar-refractivity contribution in [3.05, 3.63) is 0 Å². The van der Waals surface area contributed by atoms with Crippen molar-refractivity contribution in [3.63, 3.8) is 0 Å². The van der Waals surface area contributed by atoms with Crippen molar-refractivity contribution in [2.24, 2.45) is 0 Å². The molecular formula is C6H12N3O. The van der Waals surface area contributed by atoms with Gasteiger partial charge in [0.05, 0.1) is 0 Å². The predicted molar refractivity (Wildman–Crippen MR) is 37.9 cm³/mol. The summed E-state index contributed by atoms with van der Waals surface area (Å²) in [5.41, 5.74) is 2.52. The van der Waals surface area contributed by atoms with E-state index in [2.05, 4.69) is 17.7 Å². The van der Waals surface area contributed by atoms with Crippen molar-refractivity contribution < 1.29 is 4.79 Å². The lowest BCUT2D eigenvalue weighted by Gasteiger charge is -2.31. The summed E-state index contributed by atoms with van der Waals surface area (Å²) in [6.45, 7) is 4.76. The second-order valence-corrected chi connectivity index (χ2v) is 2.46. The highest BCUT2D eigenvalue weighted by molar-refractivity contribution is 5.46. The first kappa shape index (κ1) is 7.50. The quantitative estimate of drug-likeness (QED) is 0.479. The Kier molecular flexibility index (Phi) is 2.65. The summed E-state index contributed by atoms with van der Waals surface area (Å²) >= 11 is 0. The van der Waals surface area contributed by atoms with Gasteiger partial charge in [0, 0.05) is 25.7 Å². The Morgan fingerprint density at radius 3 is 3.20 bits per heavy atom. The van der Waals surface area contributed by atoms with Gasteiger partial charge in [-0.15, -0.1) is 0 Å². The van der Waals surface area contributed by atoms with Gasteiger partial charge in [0.15, 0.2) is 0 Å². The number of hydrazine groups is 1. The number of hydrogen-bond acceptors (Lipinski definition) is 3. The fourth-order valence-corrected chi connectivity index (χ4v) is 1.07. The smallest absolute Gasteiger partial charge is 0.314 e. The molecule has 10 heavy (non-hydrogen) atoms. The van der Waals surface area contributed by atoms with E-state index in [4.69, 9.17) is 0 Å². The number of amides is 1. The fraction of sp³-hybridized carbons (Fsp3) is 0.833. The molecule has 0 aliphatic carbocycles. The van der Waals surface area contributed by atoms with Gasteiger partial charge < -0.3 is 5.32 Å². The molecule has 1 saturated heterocycles. The number of nitrogens with zero attached hydrogens (tertiary/aromatic N) is 1. The molecule has 4 nitrogen and oxygen atoms in total. The van der Waals surface area contributed by atoms with Gasteiger partial charge in [-0.1, -0.05) is 0 Å². The van der Waals surface area contributed by atoms with E-state index in [9.17, 15) is 4.79 Å². The van der Waals surface area contributed by atoms with Gasteiger partial charge in [0.25, 0.3) is 0 Å². The van der Waals surface area contributed by atoms with E-state index in [0.29, 0.717) is 6.04 Å². The average molecular weight is 142 g/mol. The number of rotatable bonds is 2. The van der Waals surface area contributed by atoms with Gasteiger partial charge in [0.2, 0.25) is 0 Å². The summed E-state index contributed by atoms with van der Waals surface area (Å²) in [6, 6.07) is 0.371. The molecule has 0 saturated carbocycles. The van der Waals surface area contributed by atoms with Crippen LogP contribution in [0.15, 0.2) is 0 Å². The van der Waals surface area contributed by atoms with E-state index in [1.807, 2.05) is 5.01 Å². The largest absolute Gasteiger partial charge is 0.324 e. The van der Waals surface area contributed by atoms with Crippen LogP contribution in [0, 0.1) is 0 Å². The molecule has 1 amide bonds. The summed E-state index contributed by atoms with van der Waals surface area (Å²) in [4.78, 5) is 9.92. The maximum atomic E-state index is 9.92. The highest BCUT2D eigenvalue weighted by Crippen LogP contribution is 1.95. The maximum Gasteiger partial charge on any atom is 0.324 e. The van der Waals surface area contributed by atoms with E-state index in [-0.39, 0.29) is 0 Å². The monoisotopic (exact) mass is 142 g/mol. The third-order valence-electron chi connectivity index (χ3n) is 1.69. The van der Waals surface area contributed by atoms with Gasteiger partial charge in [-0.25, -0.2) is 5.01 Å². The van der Waals surface area contributed by atoms with E-state index in [0.717, 1.165) is 19.6 Å².